The Bertz CT molecular complexity index is 222. The molecule has 1 aliphatic heterocycles. The first kappa shape index (κ1) is 12.9. The van der Waals surface area contributed by atoms with Crippen molar-refractivity contribution < 1.29 is 14.6 Å². The summed E-state index contributed by atoms with van der Waals surface area (Å²) in [7, 11) is 5.53. The molecule has 0 unspecified atom stereocenters. The molecule has 1 saturated heterocycles. The minimum Gasteiger partial charge on any atom is -0.383 e. The summed E-state index contributed by atoms with van der Waals surface area (Å²) in [5.74, 6) is 0. The number of nitrogens with zero attached hydrogens (tertiary/aromatic N) is 1. The van der Waals surface area contributed by atoms with Crippen molar-refractivity contribution in [2.24, 2.45) is 0 Å². The Labute approximate surface area is 92.2 Å². The van der Waals surface area contributed by atoms with Crippen molar-refractivity contribution >= 4 is 0 Å². The number of ether oxygens (including phenoxy) is 2. The Balaban J connectivity index is 2.94. The molecule has 0 aliphatic carbocycles. The molecule has 1 fully saturated rings. The van der Waals surface area contributed by atoms with Crippen LogP contribution in [0.3, 0.4) is 0 Å². The fraction of sp³-hybridized carbons (Fsp3) is 1.00. The predicted octanol–water partition coefficient (Wildman–Crippen LogP) is 0.493. The summed E-state index contributed by atoms with van der Waals surface area (Å²) in [5.41, 5.74) is -1.49. The zero-order valence-corrected chi connectivity index (χ0v) is 10.4. The summed E-state index contributed by atoms with van der Waals surface area (Å²) in [4.78, 5) is 1.96. The average molecular weight is 217 g/mol. The predicted molar refractivity (Wildman–Crippen MR) is 58.9 cm³/mol. The summed E-state index contributed by atoms with van der Waals surface area (Å²) in [6, 6.07) is 0. The molecule has 0 radical (unpaired) electrons. The molecule has 0 aromatic carbocycles. The second-order valence-electron chi connectivity index (χ2n) is 4.86. The highest BCUT2D eigenvalue weighted by Crippen LogP contribution is 2.37. The highest BCUT2D eigenvalue weighted by Gasteiger charge is 2.54. The van der Waals surface area contributed by atoms with Crippen molar-refractivity contribution in [1.29, 1.82) is 0 Å². The third-order valence-corrected chi connectivity index (χ3v) is 3.54. The van der Waals surface area contributed by atoms with Crippen LogP contribution in [0, 0.1) is 0 Å². The number of hydrogen-bond acceptors (Lipinski definition) is 4. The largest absolute Gasteiger partial charge is 0.383 e. The maximum Gasteiger partial charge on any atom is 0.132 e. The van der Waals surface area contributed by atoms with E-state index in [2.05, 4.69) is 0 Å². The SMILES string of the molecule is CO[C@]1(C)CCO[C@@H](C)[C@]1(O)CN(C)C. The number of hydrogen-bond donors (Lipinski definition) is 1. The van der Waals surface area contributed by atoms with Gasteiger partial charge in [-0.25, -0.2) is 0 Å². The van der Waals surface area contributed by atoms with E-state index in [-0.39, 0.29) is 6.10 Å². The summed E-state index contributed by atoms with van der Waals surface area (Å²) in [6.07, 6.45) is 0.511. The Hall–Kier alpha value is -0.160. The van der Waals surface area contributed by atoms with Gasteiger partial charge in [-0.2, -0.15) is 0 Å². The number of rotatable bonds is 3. The highest BCUT2D eigenvalue weighted by molar-refractivity contribution is 5.05. The van der Waals surface area contributed by atoms with Crippen LogP contribution in [0.2, 0.25) is 0 Å². The van der Waals surface area contributed by atoms with E-state index in [1.807, 2.05) is 32.8 Å². The topological polar surface area (TPSA) is 41.9 Å². The summed E-state index contributed by atoms with van der Waals surface area (Å²) in [6.45, 7) is 5.04. The molecule has 0 saturated carbocycles. The zero-order valence-electron chi connectivity index (χ0n) is 10.4. The van der Waals surface area contributed by atoms with E-state index in [4.69, 9.17) is 9.47 Å². The monoisotopic (exact) mass is 217 g/mol. The fourth-order valence-corrected chi connectivity index (χ4v) is 2.27. The van der Waals surface area contributed by atoms with Crippen molar-refractivity contribution in [2.75, 3.05) is 34.4 Å². The van der Waals surface area contributed by atoms with Gasteiger partial charge >= 0.3 is 0 Å². The van der Waals surface area contributed by atoms with Gasteiger partial charge in [0, 0.05) is 26.7 Å². The molecule has 0 aromatic rings. The van der Waals surface area contributed by atoms with Gasteiger partial charge < -0.3 is 19.5 Å². The lowest BCUT2D eigenvalue weighted by Gasteiger charge is -2.51. The van der Waals surface area contributed by atoms with Gasteiger partial charge in [0.2, 0.25) is 0 Å². The van der Waals surface area contributed by atoms with Gasteiger partial charge in [-0.1, -0.05) is 0 Å². The van der Waals surface area contributed by atoms with E-state index in [1.54, 1.807) is 7.11 Å². The summed E-state index contributed by atoms with van der Waals surface area (Å²) < 4.78 is 11.0. The minimum atomic E-state index is -0.955. The van der Waals surface area contributed by atoms with Crippen LogP contribution in [-0.4, -0.2) is 61.7 Å². The Morgan fingerprint density at radius 3 is 2.60 bits per heavy atom. The van der Waals surface area contributed by atoms with Crippen molar-refractivity contribution in [2.45, 2.75) is 37.6 Å². The molecule has 0 amide bonds. The number of methoxy groups -OCH3 is 1. The van der Waals surface area contributed by atoms with E-state index >= 15 is 0 Å². The van der Waals surface area contributed by atoms with Crippen molar-refractivity contribution in [3.8, 4) is 0 Å². The molecule has 90 valence electrons. The molecule has 4 heteroatoms. The quantitative estimate of drug-likeness (QED) is 0.747. The molecule has 1 heterocycles. The van der Waals surface area contributed by atoms with Crippen LogP contribution in [0.25, 0.3) is 0 Å². The molecule has 0 aromatic heterocycles. The second kappa shape index (κ2) is 4.37. The smallest absolute Gasteiger partial charge is 0.132 e. The number of likely N-dealkylation sites (N-methyl/N-ethyl adjacent to an activating group) is 1. The van der Waals surface area contributed by atoms with Crippen LogP contribution in [0.4, 0.5) is 0 Å². The average Bonchev–Trinajstić information content (AvgIpc) is 2.14. The summed E-state index contributed by atoms with van der Waals surface area (Å²) in [5, 5.41) is 10.7. The van der Waals surface area contributed by atoms with Crippen LogP contribution in [-0.2, 0) is 9.47 Å². The molecule has 0 spiro atoms. The van der Waals surface area contributed by atoms with Gasteiger partial charge in [0.1, 0.15) is 5.60 Å². The molecule has 1 rings (SSSR count). The van der Waals surface area contributed by atoms with Crippen molar-refractivity contribution in [3.05, 3.63) is 0 Å². The molecule has 0 bridgehead atoms. The van der Waals surface area contributed by atoms with E-state index in [1.165, 1.54) is 0 Å². The summed E-state index contributed by atoms with van der Waals surface area (Å²) >= 11 is 0. The Morgan fingerprint density at radius 2 is 2.13 bits per heavy atom. The molecule has 1 aliphatic rings. The maximum atomic E-state index is 10.7. The third kappa shape index (κ3) is 2.18. The van der Waals surface area contributed by atoms with Crippen LogP contribution >= 0.6 is 0 Å². The lowest BCUT2D eigenvalue weighted by molar-refractivity contribution is -0.255. The molecule has 15 heavy (non-hydrogen) atoms. The van der Waals surface area contributed by atoms with Crippen molar-refractivity contribution in [1.82, 2.24) is 4.90 Å². The normalized spacial score (nSPS) is 42.2. The standard InChI is InChI=1S/C11H23NO3/c1-9-11(13,8-12(3)4)10(2,14-5)6-7-15-9/h9,13H,6-8H2,1-5H3/t9-,10+,11+/m0/s1. The first-order valence-corrected chi connectivity index (χ1v) is 5.39. The van der Waals surface area contributed by atoms with Crippen molar-refractivity contribution in [3.63, 3.8) is 0 Å². The Kier molecular flexibility index (Phi) is 3.76. The van der Waals surface area contributed by atoms with Crippen LogP contribution in [0.5, 0.6) is 0 Å². The van der Waals surface area contributed by atoms with Gasteiger partial charge in [0.15, 0.2) is 0 Å². The molecular formula is C11H23NO3. The van der Waals surface area contributed by atoms with E-state index in [0.29, 0.717) is 13.2 Å². The molecular weight excluding hydrogens is 194 g/mol. The zero-order chi connectivity index (χ0) is 11.7. The van der Waals surface area contributed by atoms with Gasteiger partial charge in [-0.15, -0.1) is 0 Å². The lowest BCUT2D eigenvalue weighted by Crippen LogP contribution is -2.67. The van der Waals surface area contributed by atoms with Gasteiger partial charge in [-0.3, -0.25) is 0 Å². The van der Waals surface area contributed by atoms with E-state index in [0.717, 1.165) is 6.42 Å². The maximum absolute atomic E-state index is 10.7. The highest BCUT2D eigenvalue weighted by atomic mass is 16.5. The van der Waals surface area contributed by atoms with Gasteiger partial charge in [0.05, 0.1) is 11.7 Å². The third-order valence-electron chi connectivity index (χ3n) is 3.54. The van der Waals surface area contributed by atoms with Gasteiger partial charge in [0.25, 0.3) is 0 Å². The first-order chi connectivity index (χ1) is 6.85. The van der Waals surface area contributed by atoms with E-state index < -0.39 is 11.2 Å². The molecule has 4 nitrogen and oxygen atoms in total. The van der Waals surface area contributed by atoms with E-state index in [9.17, 15) is 5.11 Å². The first-order valence-electron chi connectivity index (χ1n) is 5.39. The lowest BCUT2D eigenvalue weighted by atomic mass is 9.76. The Morgan fingerprint density at radius 1 is 1.53 bits per heavy atom. The van der Waals surface area contributed by atoms with Crippen LogP contribution < -0.4 is 0 Å². The molecule has 3 atom stereocenters. The fourth-order valence-electron chi connectivity index (χ4n) is 2.27. The van der Waals surface area contributed by atoms with Gasteiger partial charge in [-0.05, 0) is 27.9 Å². The number of aliphatic hydroxyl groups is 1. The van der Waals surface area contributed by atoms with Crippen LogP contribution in [0.15, 0.2) is 0 Å². The van der Waals surface area contributed by atoms with Crippen LogP contribution in [0.1, 0.15) is 20.3 Å². The molecule has 1 N–H and O–H groups in total. The minimum absolute atomic E-state index is 0.210. The second-order valence-corrected chi connectivity index (χ2v) is 4.86.